The molecule has 2 amide bonds. The molecule has 124 valence electrons. The Morgan fingerprint density at radius 2 is 1.64 bits per heavy atom. The van der Waals surface area contributed by atoms with Crippen LogP contribution >= 0.6 is 24.8 Å². The molecule has 1 aliphatic heterocycles. The monoisotopic (exact) mass is 348 g/mol. The number of nitrogens with zero attached hydrogens (tertiary/aromatic N) is 2. The summed E-state index contributed by atoms with van der Waals surface area (Å²) in [5.41, 5.74) is 6.14. The van der Waals surface area contributed by atoms with E-state index in [2.05, 4.69) is 5.32 Å². The number of nitrogens with two attached hydrogens (primary N) is 1. The predicted octanol–water partition coefficient (Wildman–Crippen LogP) is 0.572. The highest BCUT2D eigenvalue weighted by atomic mass is 35.5. The SMILES string of the molecule is Cl.Cl.NCC(=O)N1CCN(CC(=O)Nc2ccccc2)CC1. The lowest BCUT2D eigenvalue weighted by Crippen LogP contribution is -2.51. The number of nitrogens with one attached hydrogen (secondary N) is 1. The normalized spacial score (nSPS) is 14.5. The molecule has 1 heterocycles. The lowest BCUT2D eigenvalue weighted by molar-refractivity contribution is -0.131. The Hall–Kier alpha value is -1.34. The van der Waals surface area contributed by atoms with Crippen LogP contribution in [0.5, 0.6) is 0 Å². The summed E-state index contributed by atoms with van der Waals surface area (Å²) >= 11 is 0. The van der Waals surface area contributed by atoms with Crippen molar-refractivity contribution in [2.24, 2.45) is 5.73 Å². The van der Waals surface area contributed by atoms with Crippen LogP contribution < -0.4 is 11.1 Å². The summed E-state index contributed by atoms with van der Waals surface area (Å²) in [5, 5.41) is 2.85. The number of amides is 2. The molecule has 2 rings (SSSR count). The molecule has 0 aliphatic carbocycles. The van der Waals surface area contributed by atoms with Crippen molar-refractivity contribution in [3.63, 3.8) is 0 Å². The number of piperazine rings is 1. The van der Waals surface area contributed by atoms with Gasteiger partial charge >= 0.3 is 0 Å². The number of anilines is 1. The van der Waals surface area contributed by atoms with Gasteiger partial charge in [-0.25, -0.2) is 0 Å². The maximum Gasteiger partial charge on any atom is 0.238 e. The molecule has 8 heteroatoms. The zero-order valence-electron chi connectivity index (χ0n) is 12.2. The van der Waals surface area contributed by atoms with Crippen molar-refractivity contribution < 1.29 is 9.59 Å². The van der Waals surface area contributed by atoms with Crippen LogP contribution in [-0.2, 0) is 9.59 Å². The second kappa shape index (κ2) is 10.4. The van der Waals surface area contributed by atoms with E-state index < -0.39 is 0 Å². The molecule has 1 aromatic carbocycles. The first kappa shape index (κ1) is 20.7. The Morgan fingerprint density at radius 3 is 2.18 bits per heavy atom. The molecule has 6 nitrogen and oxygen atoms in total. The number of halogens is 2. The predicted molar refractivity (Wildman–Crippen MR) is 91.6 cm³/mol. The van der Waals surface area contributed by atoms with Gasteiger partial charge < -0.3 is 16.0 Å². The van der Waals surface area contributed by atoms with Crippen molar-refractivity contribution in [1.82, 2.24) is 9.80 Å². The summed E-state index contributed by atoms with van der Waals surface area (Å²) in [6.45, 7) is 3.07. The van der Waals surface area contributed by atoms with Crippen LogP contribution in [0.4, 0.5) is 5.69 Å². The second-order valence-electron chi connectivity index (χ2n) is 4.78. The van der Waals surface area contributed by atoms with Crippen LogP contribution in [0.1, 0.15) is 0 Å². The summed E-state index contributed by atoms with van der Waals surface area (Å²) in [7, 11) is 0. The highest BCUT2D eigenvalue weighted by molar-refractivity contribution is 5.92. The average Bonchev–Trinajstić information content (AvgIpc) is 2.48. The molecule has 0 atom stereocenters. The minimum Gasteiger partial charge on any atom is -0.339 e. The van der Waals surface area contributed by atoms with Gasteiger partial charge in [-0.1, -0.05) is 18.2 Å². The summed E-state index contributed by atoms with van der Waals surface area (Å²) in [6.07, 6.45) is 0. The molecular weight excluding hydrogens is 327 g/mol. The largest absolute Gasteiger partial charge is 0.339 e. The van der Waals surface area contributed by atoms with E-state index in [9.17, 15) is 9.59 Å². The van der Waals surface area contributed by atoms with E-state index in [-0.39, 0.29) is 43.2 Å². The van der Waals surface area contributed by atoms with Gasteiger partial charge in [0.2, 0.25) is 11.8 Å². The molecule has 0 aromatic heterocycles. The first-order valence-corrected chi connectivity index (χ1v) is 6.74. The van der Waals surface area contributed by atoms with E-state index in [1.54, 1.807) is 4.90 Å². The van der Waals surface area contributed by atoms with Crippen LogP contribution in [0, 0.1) is 0 Å². The van der Waals surface area contributed by atoms with Crippen LogP contribution in [0.2, 0.25) is 0 Å². The van der Waals surface area contributed by atoms with Gasteiger partial charge in [-0.3, -0.25) is 14.5 Å². The molecule has 1 aliphatic rings. The zero-order chi connectivity index (χ0) is 14.4. The molecule has 0 bridgehead atoms. The minimum absolute atomic E-state index is 0. The summed E-state index contributed by atoms with van der Waals surface area (Å²) in [4.78, 5) is 27.1. The maximum absolute atomic E-state index is 11.9. The second-order valence-corrected chi connectivity index (χ2v) is 4.78. The van der Waals surface area contributed by atoms with Crippen LogP contribution in [0.3, 0.4) is 0 Å². The van der Waals surface area contributed by atoms with Crippen LogP contribution in [0.15, 0.2) is 30.3 Å². The molecule has 0 spiro atoms. The van der Waals surface area contributed by atoms with Gasteiger partial charge in [0.15, 0.2) is 0 Å². The van der Waals surface area contributed by atoms with Crippen molar-refractivity contribution in [3.8, 4) is 0 Å². The fourth-order valence-corrected chi connectivity index (χ4v) is 2.21. The van der Waals surface area contributed by atoms with E-state index in [1.165, 1.54) is 0 Å². The molecular formula is C14H22Cl2N4O2. The standard InChI is InChI=1S/C14H20N4O2.2ClH/c15-10-14(20)18-8-6-17(7-9-18)11-13(19)16-12-4-2-1-3-5-12;;/h1-5H,6-11,15H2,(H,16,19);2*1H. The third-order valence-corrected chi connectivity index (χ3v) is 3.32. The Labute approximate surface area is 142 Å². The molecule has 0 saturated carbocycles. The topological polar surface area (TPSA) is 78.7 Å². The Morgan fingerprint density at radius 1 is 1.05 bits per heavy atom. The van der Waals surface area contributed by atoms with E-state index in [0.29, 0.717) is 32.7 Å². The zero-order valence-corrected chi connectivity index (χ0v) is 13.9. The molecule has 3 N–H and O–H groups in total. The number of hydrogen-bond donors (Lipinski definition) is 2. The van der Waals surface area contributed by atoms with Crippen molar-refractivity contribution in [1.29, 1.82) is 0 Å². The van der Waals surface area contributed by atoms with Gasteiger partial charge in [-0.15, -0.1) is 24.8 Å². The first-order chi connectivity index (χ1) is 9.69. The smallest absolute Gasteiger partial charge is 0.238 e. The minimum atomic E-state index is -0.0326. The third kappa shape index (κ3) is 6.19. The number of carbonyl (C=O) groups is 2. The highest BCUT2D eigenvalue weighted by Crippen LogP contribution is 2.06. The van der Waals surface area contributed by atoms with Gasteiger partial charge in [0.1, 0.15) is 0 Å². The summed E-state index contributed by atoms with van der Waals surface area (Å²) < 4.78 is 0. The van der Waals surface area contributed by atoms with Crippen molar-refractivity contribution in [3.05, 3.63) is 30.3 Å². The first-order valence-electron chi connectivity index (χ1n) is 6.74. The quantitative estimate of drug-likeness (QED) is 0.833. The molecule has 1 aromatic rings. The summed E-state index contributed by atoms with van der Waals surface area (Å²) in [5.74, 6) is -0.0619. The number of hydrogen-bond acceptors (Lipinski definition) is 4. The molecule has 0 radical (unpaired) electrons. The molecule has 22 heavy (non-hydrogen) atoms. The maximum atomic E-state index is 11.9. The Kier molecular flexibility index (Phi) is 9.76. The van der Waals surface area contributed by atoms with E-state index in [1.807, 2.05) is 35.2 Å². The van der Waals surface area contributed by atoms with E-state index in [0.717, 1.165) is 5.69 Å². The van der Waals surface area contributed by atoms with Crippen LogP contribution in [0.25, 0.3) is 0 Å². The Balaban J connectivity index is 0.00000220. The average molecular weight is 349 g/mol. The number of para-hydroxylation sites is 1. The molecule has 1 saturated heterocycles. The number of benzene rings is 1. The fraction of sp³-hybridized carbons (Fsp3) is 0.429. The van der Waals surface area contributed by atoms with Crippen molar-refractivity contribution in [2.45, 2.75) is 0 Å². The number of rotatable bonds is 4. The molecule has 0 unspecified atom stereocenters. The lowest BCUT2D eigenvalue weighted by atomic mass is 10.3. The molecule has 1 fully saturated rings. The van der Waals surface area contributed by atoms with Gasteiger partial charge in [-0.05, 0) is 12.1 Å². The Bertz CT molecular complexity index is 465. The van der Waals surface area contributed by atoms with Gasteiger partial charge in [0.05, 0.1) is 13.1 Å². The fourth-order valence-electron chi connectivity index (χ4n) is 2.21. The van der Waals surface area contributed by atoms with Gasteiger partial charge in [-0.2, -0.15) is 0 Å². The van der Waals surface area contributed by atoms with Gasteiger partial charge in [0, 0.05) is 31.9 Å². The highest BCUT2D eigenvalue weighted by Gasteiger charge is 2.21. The van der Waals surface area contributed by atoms with Gasteiger partial charge in [0.25, 0.3) is 0 Å². The van der Waals surface area contributed by atoms with E-state index >= 15 is 0 Å². The van der Waals surface area contributed by atoms with Crippen LogP contribution in [-0.4, -0.2) is 60.9 Å². The van der Waals surface area contributed by atoms with Crippen molar-refractivity contribution >= 4 is 42.3 Å². The third-order valence-electron chi connectivity index (χ3n) is 3.32. The van der Waals surface area contributed by atoms with E-state index in [4.69, 9.17) is 5.73 Å². The number of carbonyl (C=O) groups excluding carboxylic acids is 2. The van der Waals surface area contributed by atoms with Crippen molar-refractivity contribution in [2.75, 3.05) is 44.6 Å². The lowest BCUT2D eigenvalue weighted by Gasteiger charge is -2.34. The summed E-state index contributed by atoms with van der Waals surface area (Å²) in [6, 6.07) is 9.38.